The molecule has 118 valence electrons. The fourth-order valence-electron chi connectivity index (χ4n) is 1.52. The maximum atomic E-state index is 11.0. The standard InChI is InChI=1S/C14H20ClN3O2.HI/c1-3-16-14(17-9-8-13(19)20-2)18-10-11-6-4-5-7-12(11)15;/h4-7H,3,8-10H2,1-2H3,(H2,16,17,18);1H. The minimum absolute atomic E-state index is 0. The molecule has 0 unspecified atom stereocenters. The normalized spacial score (nSPS) is 10.5. The van der Waals surface area contributed by atoms with Gasteiger partial charge in [0, 0.05) is 18.1 Å². The van der Waals surface area contributed by atoms with E-state index >= 15 is 0 Å². The Hall–Kier alpha value is -1.02. The second-order valence-electron chi connectivity index (χ2n) is 4.04. The SMILES string of the molecule is CCNC(=NCc1ccccc1Cl)NCCC(=O)OC.I. The van der Waals surface area contributed by atoms with Crippen molar-refractivity contribution in [1.82, 2.24) is 10.6 Å². The van der Waals surface area contributed by atoms with Crippen LogP contribution in [-0.2, 0) is 16.1 Å². The van der Waals surface area contributed by atoms with Crippen LogP contribution in [0.4, 0.5) is 0 Å². The van der Waals surface area contributed by atoms with E-state index in [2.05, 4.69) is 20.4 Å². The Bertz CT molecular complexity index is 469. The topological polar surface area (TPSA) is 62.7 Å². The highest BCUT2D eigenvalue weighted by atomic mass is 127. The van der Waals surface area contributed by atoms with Crippen molar-refractivity contribution in [3.63, 3.8) is 0 Å². The Labute approximate surface area is 147 Å². The van der Waals surface area contributed by atoms with Crippen LogP contribution in [0.5, 0.6) is 0 Å². The molecule has 0 aliphatic rings. The summed E-state index contributed by atoms with van der Waals surface area (Å²) in [5.41, 5.74) is 0.958. The number of methoxy groups -OCH3 is 1. The van der Waals surface area contributed by atoms with Crippen molar-refractivity contribution in [2.45, 2.75) is 19.9 Å². The lowest BCUT2D eigenvalue weighted by atomic mass is 10.2. The molecule has 0 bridgehead atoms. The Morgan fingerprint density at radius 1 is 1.33 bits per heavy atom. The largest absolute Gasteiger partial charge is 0.469 e. The molecular formula is C14H21ClIN3O2. The molecule has 5 nitrogen and oxygen atoms in total. The summed E-state index contributed by atoms with van der Waals surface area (Å²) >= 11 is 6.08. The first-order chi connectivity index (χ1) is 9.67. The third kappa shape index (κ3) is 8.11. The molecule has 0 saturated heterocycles. The van der Waals surface area contributed by atoms with E-state index < -0.39 is 0 Å². The third-order valence-electron chi connectivity index (χ3n) is 2.56. The van der Waals surface area contributed by atoms with Crippen molar-refractivity contribution in [2.75, 3.05) is 20.2 Å². The van der Waals surface area contributed by atoms with Crippen LogP contribution < -0.4 is 10.6 Å². The van der Waals surface area contributed by atoms with Gasteiger partial charge >= 0.3 is 5.97 Å². The number of benzene rings is 1. The quantitative estimate of drug-likeness (QED) is 0.318. The predicted molar refractivity (Wildman–Crippen MR) is 96.3 cm³/mol. The highest BCUT2D eigenvalue weighted by molar-refractivity contribution is 14.0. The van der Waals surface area contributed by atoms with E-state index in [0.717, 1.165) is 12.1 Å². The maximum absolute atomic E-state index is 11.0. The average molecular weight is 426 g/mol. The van der Waals surface area contributed by atoms with Crippen LogP contribution in [0.25, 0.3) is 0 Å². The lowest BCUT2D eigenvalue weighted by Gasteiger charge is -2.11. The van der Waals surface area contributed by atoms with Gasteiger partial charge in [-0.3, -0.25) is 4.79 Å². The molecule has 0 radical (unpaired) electrons. The number of nitrogens with one attached hydrogen (secondary N) is 2. The molecule has 0 aliphatic heterocycles. The number of hydrogen-bond acceptors (Lipinski definition) is 3. The number of esters is 1. The van der Waals surface area contributed by atoms with Gasteiger partial charge in [-0.1, -0.05) is 29.8 Å². The van der Waals surface area contributed by atoms with Crippen LogP contribution in [-0.4, -0.2) is 32.1 Å². The molecule has 2 N–H and O–H groups in total. The number of guanidine groups is 1. The van der Waals surface area contributed by atoms with Gasteiger partial charge in [-0.15, -0.1) is 24.0 Å². The summed E-state index contributed by atoms with van der Waals surface area (Å²) in [6, 6.07) is 7.58. The van der Waals surface area contributed by atoms with Crippen LogP contribution in [0.2, 0.25) is 5.02 Å². The first-order valence-corrected chi connectivity index (χ1v) is 6.87. The molecule has 21 heavy (non-hydrogen) atoms. The summed E-state index contributed by atoms with van der Waals surface area (Å²) in [6.07, 6.45) is 0.299. The van der Waals surface area contributed by atoms with E-state index in [9.17, 15) is 4.79 Å². The summed E-state index contributed by atoms with van der Waals surface area (Å²) in [6.45, 7) is 3.67. The Morgan fingerprint density at radius 3 is 2.67 bits per heavy atom. The zero-order valence-corrected chi connectivity index (χ0v) is 15.3. The molecule has 1 aromatic rings. The summed E-state index contributed by atoms with van der Waals surface area (Å²) in [5, 5.41) is 6.87. The first-order valence-electron chi connectivity index (χ1n) is 6.49. The van der Waals surface area contributed by atoms with Crippen molar-refractivity contribution in [2.24, 2.45) is 4.99 Å². The molecule has 7 heteroatoms. The molecule has 0 aliphatic carbocycles. The highest BCUT2D eigenvalue weighted by Crippen LogP contribution is 2.15. The number of carbonyl (C=O) groups excluding carboxylic acids is 1. The molecule has 0 heterocycles. The fourth-order valence-corrected chi connectivity index (χ4v) is 1.71. The average Bonchev–Trinajstić information content (AvgIpc) is 2.46. The zero-order chi connectivity index (χ0) is 14.8. The summed E-state index contributed by atoms with van der Waals surface area (Å²) < 4.78 is 4.58. The number of nitrogens with zero attached hydrogens (tertiary/aromatic N) is 1. The number of rotatable bonds is 6. The zero-order valence-electron chi connectivity index (χ0n) is 12.2. The monoisotopic (exact) mass is 425 g/mol. The number of hydrogen-bond donors (Lipinski definition) is 2. The second-order valence-corrected chi connectivity index (χ2v) is 4.45. The Morgan fingerprint density at radius 2 is 2.05 bits per heavy atom. The number of carbonyl (C=O) groups is 1. The smallest absolute Gasteiger partial charge is 0.307 e. The van der Waals surface area contributed by atoms with Crippen molar-refractivity contribution in [1.29, 1.82) is 0 Å². The van der Waals surface area contributed by atoms with Gasteiger partial charge in [0.05, 0.1) is 20.1 Å². The predicted octanol–water partition coefficient (Wildman–Crippen LogP) is 2.58. The van der Waals surface area contributed by atoms with Gasteiger partial charge in [-0.2, -0.15) is 0 Å². The molecule has 0 aromatic heterocycles. The summed E-state index contributed by atoms with van der Waals surface area (Å²) in [4.78, 5) is 15.5. The van der Waals surface area contributed by atoms with Gasteiger partial charge in [0.1, 0.15) is 0 Å². The number of ether oxygens (including phenoxy) is 1. The minimum Gasteiger partial charge on any atom is -0.469 e. The van der Waals surface area contributed by atoms with Gasteiger partial charge in [-0.05, 0) is 18.6 Å². The fraction of sp³-hybridized carbons (Fsp3) is 0.429. The molecule has 1 rings (SSSR count). The third-order valence-corrected chi connectivity index (χ3v) is 2.93. The van der Waals surface area contributed by atoms with Crippen LogP contribution in [0.3, 0.4) is 0 Å². The van der Waals surface area contributed by atoms with Crippen LogP contribution in [0.1, 0.15) is 18.9 Å². The number of aliphatic imine (C=N–C) groups is 1. The van der Waals surface area contributed by atoms with Crippen LogP contribution in [0.15, 0.2) is 29.3 Å². The Kier molecular flexibility index (Phi) is 11.1. The molecule has 0 fully saturated rings. The molecule has 1 aromatic carbocycles. The summed E-state index contributed by atoms with van der Waals surface area (Å²) in [5.74, 6) is 0.399. The van der Waals surface area contributed by atoms with E-state index in [1.54, 1.807) is 0 Å². The van der Waals surface area contributed by atoms with Crippen LogP contribution >= 0.6 is 35.6 Å². The molecule has 0 atom stereocenters. The van der Waals surface area contributed by atoms with Gasteiger partial charge in [0.2, 0.25) is 0 Å². The Balaban J connectivity index is 0.00000400. The second kappa shape index (κ2) is 11.6. The molecule has 0 amide bonds. The lowest BCUT2D eigenvalue weighted by molar-refractivity contribution is -0.140. The van der Waals surface area contributed by atoms with Crippen molar-refractivity contribution in [3.8, 4) is 0 Å². The highest BCUT2D eigenvalue weighted by Gasteiger charge is 2.02. The van der Waals surface area contributed by atoms with Crippen molar-refractivity contribution in [3.05, 3.63) is 34.9 Å². The molecular weight excluding hydrogens is 405 g/mol. The van der Waals surface area contributed by atoms with Gasteiger partial charge in [0.15, 0.2) is 5.96 Å². The summed E-state index contributed by atoms with van der Waals surface area (Å²) in [7, 11) is 1.37. The van der Waals surface area contributed by atoms with E-state index in [-0.39, 0.29) is 29.9 Å². The maximum Gasteiger partial charge on any atom is 0.307 e. The van der Waals surface area contributed by atoms with Gasteiger partial charge in [-0.25, -0.2) is 4.99 Å². The van der Waals surface area contributed by atoms with Gasteiger partial charge < -0.3 is 15.4 Å². The van der Waals surface area contributed by atoms with Crippen molar-refractivity contribution < 1.29 is 9.53 Å². The van der Waals surface area contributed by atoms with Gasteiger partial charge in [0.25, 0.3) is 0 Å². The molecule has 0 saturated carbocycles. The van der Waals surface area contributed by atoms with E-state index in [1.165, 1.54) is 7.11 Å². The molecule has 0 spiro atoms. The van der Waals surface area contributed by atoms with Crippen LogP contribution in [0, 0.1) is 0 Å². The van der Waals surface area contributed by atoms with E-state index in [0.29, 0.717) is 30.5 Å². The lowest BCUT2D eigenvalue weighted by Crippen LogP contribution is -2.38. The minimum atomic E-state index is -0.251. The van der Waals surface area contributed by atoms with E-state index in [4.69, 9.17) is 11.6 Å². The van der Waals surface area contributed by atoms with E-state index in [1.807, 2.05) is 31.2 Å². The van der Waals surface area contributed by atoms with Crippen molar-refractivity contribution >= 4 is 47.5 Å². The first kappa shape index (κ1) is 20.0. The number of halogens is 2.